The summed E-state index contributed by atoms with van der Waals surface area (Å²) in [6.45, 7) is 6.80. The fourth-order valence-electron chi connectivity index (χ4n) is 4.03. The van der Waals surface area contributed by atoms with Crippen molar-refractivity contribution in [1.29, 1.82) is 0 Å². The maximum absolute atomic E-state index is 13.0. The van der Waals surface area contributed by atoms with E-state index >= 15 is 0 Å². The highest BCUT2D eigenvalue weighted by Gasteiger charge is 2.44. The molecule has 0 aliphatic carbocycles. The lowest BCUT2D eigenvalue weighted by Gasteiger charge is -2.37. The van der Waals surface area contributed by atoms with Gasteiger partial charge in [-0.25, -0.2) is 9.69 Å². The highest BCUT2D eigenvalue weighted by molar-refractivity contribution is 6.14. The molecule has 0 radical (unpaired) electrons. The zero-order valence-electron chi connectivity index (χ0n) is 17.6. The van der Waals surface area contributed by atoms with E-state index < -0.39 is 11.0 Å². The lowest BCUT2D eigenvalue weighted by atomic mass is 10.2. The van der Waals surface area contributed by atoms with Gasteiger partial charge in [0, 0.05) is 49.7 Å². The Kier molecular flexibility index (Phi) is 5.60. The molecule has 2 aliphatic heterocycles. The van der Waals surface area contributed by atoms with Gasteiger partial charge < -0.3 is 4.90 Å². The number of hydrogen-bond donors (Lipinski definition) is 0. The fraction of sp³-hybridized carbons (Fsp3) is 0.364. The molecule has 2 heterocycles. The molecule has 0 unspecified atom stereocenters. The van der Waals surface area contributed by atoms with E-state index in [1.54, 1.807) is 24.0 Å². The minimum absolute atomic E-state index is 0.0701. The third-order valence-electron chi connectivity index (χ3n) is 5.90. The van der Waals surface area contributed by atoms with Crippen LogP contribution in [-0.4, -0.2) is 65.6 Å². The zero-order valence-corrected chi connectivity index (χ0v) is 17.6. The van der Waals surface area contributed by atoms with Gasteiger partial charge in [-0.15, -0.1) is 0 Å². The monoisotopic (exact) mass is 423 g/mol. The predicted octanol–water partition coefficient (Wildman–Crippen LogP) is 2.84. The topological polar surface area (TPSA) is 90.2 Å². The number of piperazine rings is 1. The number of rotatable bonds is 5. The average Bonchev–Trinajstić information content (AvgIpc) is 2.98. The van der Waals surface area contributed by atoms with Crippen LogP contribution in [0.2, 0.25) is 0 Å². The van der Waals surface area contributed by atoms with Crippen molar-refractivity contribution in [3.05, 3.63) is 64.2 Å². The Morgan fingerprint density at radius 2 is 1.52 bits per heavy atom. The number of benzene rings is 2. The van der Waals surface area contributed by atoms with Gasteiger partial charge in [0.25, 0.3) is 11.6 Å². The number of carbonyl (C=O) groups excluding carboxylic acids is 2. The van der Waals surface area contributed by atoms with E-state index in [1.165, 1.54) is 17.0 Å². The lowest BCUT2D eigenvalue weighted by molar-refractivity contribution is -0.384. The Hall–Kier alpha value is -3.46. The van der Waals surface area contributed by atoms with Crippen molar-refractivity contribution >= 4 is 29.0 Å². The van der Waals surface area contributed by atoms with E-state index in [0.717, 1.165) is 16.9 Å². The molecule has 0 aromatic heterocycles. The summed E-state index contributed by atoms with van der Waals surface area (Å²) in [5, 5.41) is 10.8. The zero-order chi connectivity index (χ0) is 22.1. The van der Waals surface area contributed by atoms with Gasteiger partial charge in [-0.1, -0.05) is 17.7 Å². The highest BCUT2D eigenvalue weighted by atomic mass is 16.6. The van der Waals surface area contributed by atoms with Gasteiger partial charge in [0.05, 0.1) is 11.6 Å². The highest BCUT2D eigenvalue weighted by Crippen LogP contribution is 2.27. The van der Waals surface area contributed by atoms with Crippen molar-refractivity contribution in [2.45, 2.75) is 19.9 Å². The van der Waals surface area contributed by atoms with E-state index in [0.29, 0.717) is 26.2 Å². The summed E-state index contributed by atoms with van der Waals surface area (Å²) in [6.07, 6.45) is 0. The maximum atomic E-state index is 13.0. The summed E-state index contributed by atoms with van der Waals surface area (Å²) < 4.78 is 0. The summed E-state index contributed by atoms with van der Waals surface area (Å²) in [5.41, 5.74) is 2.82. The summed E-state index contributed by atoms with van der Waals surface area (Å²) in [6, 6.07) is 13.3. The Labute approximate surface area is 180 Å². The normalized spacial score (nSPS) is 19.9. The largest absolute Gasteiger partial charge is 0.369 e. The van der Waals surface area contributed by atoms with Crippen molar-refractivity contribution < 1.29 is 14.5 Å². The molecule has 3 amide bonds. The van der Waals surface area contributed by atoms with Crippen LogP contribution in [0, 0.1) is 17.0 Å². The second-order valence-corrected chi connectivity index (χ2v) is 7.95. The van der Waals surface area contributed by atoms with Crippen LogP contribution >= 0.6 is 0 Å². The summed E-state index contributed by atoms with van der Waals surface area (Å²) >= 11 is 0. The molecule has 0 spiro atoms. The van der Waals surface area contributed by atoms with Crippen LogP contribution < -0.4 is 9.80 Å². The molecule has 2 saturated heterocycles. The Morgan fingerprint density at radius 3 is 2.10 bits per heavy atom. The number of amides is 3. The molecule has 2 aliphatic rings. The first-order chi connectivity index (χ1) is 14.8. The maximum Gasteiger partial charge on any atom is 0.333 e. The standard InChI is InChI=1S/C22H25N5O4/c1-16-3-5-19(6-4-16)26-17(2)21(28)25(22(26)29)15-23-11-13-24(14-12-23)18-7-9-20(10-8-18)27(30)31/h3-10,17H,11-15H2,1-2H3/t17-/m0/s1. The van der Waals surface area contributed by atoms with Crippen LogP contribution in [0.5, 0.6) is 0 Å². The summed E-state index contributed by atoms with van der Waals surface area (Å²) in [5.74, 6) is -0.191. The number of urea groups is 1. The molecule has 162 valence electrons. The van der Waals surface area contributed by atoms with E-state index in [2.05, 4.69) is 9.80 Å². The van der Waals surface area contributed by atoms with Gasteiger partial charge in [0.1, 0.15) is 6.04 Å². The van der Waals surface area contributed by atoms with E-state index in [-0.39, 0.29) is 24.3 Å². The number of non-ortho nitro benzene ring substituents is 1. The summed E-state index contributed by atoms with van der Waals surface area (Å²) in [4.78, 5) is 43.3. The minimum atomic E-state index is -0.531. The van der Waals surface area contributed by atoms with Crippen LogP contribution in [0.25, 0.3) is 0 Å². The van der Waals surface area contributed by atoms with E-state index in [1.807, 2.05) is 31.2 Å². The van der Waals surface area contributed by atoms with Gasteiger partial charge in [-0.05, 0) is 38.1 Å². The third-order valence-corrected chi connectivity index (χ3v) is 5.90. The molecule has 1 atom stereocenters. The first-order valence-corrected chi connectivity index (χ1v) is 10.3. The first-order valence-electron chi connectivity index (χ1n) is 10.3. The molecule has 2 fully saturated rings. The second kappa shape index (κ2) is 8.35. The average molecular weight is 423 g/mol. The van der Waals surface area contributed by atoms with Crippen molar-refractivity contribution in [2.24, 2.45) is 0 Å². The molecular weight excluding hydrogens is 398 g/mol. The molecule has 9 nitrogen and oxygen atoms in total. The first kappa shape index (κ1) is 20.8. The van der Waals surface area contributed by atoms with E-state index in [9.17, 15) is 19.7 Å². The number of nitro groups is 1. The molecule has 4 rings (SSSR count). The van der Waals surface area contributed by atoms with Crippen LogP contribution in [0.3, 0.4) is 0 Å². The van der Waals surface area contributed by atoms with Crippen LogP contribution in [0.15, 0.2) is 48.5 Å². The van der Waals surface area contributed by atoms with E-state index in [4.69, 9.17) is 0 Å². The summed E-state index contributed by atoms with van der Waals surface area (Å²) in [7, 11) is 0. The number of nitrogens with zero attached hydrogens (tertiary/aromatic N) is 5. The molecule has 2 aromatic rings. The number of carbonyl (C=O) groups is 2. The van der Waals surface area contributed by atoms with Crippen LogP contribution in [0.4, 0.5) is 21.9 Å². The van der Waals surface area contributed by atoms with Gasteiger partial charge in [0.15, 0.2) is 0 Å². The minimum Gasteiger partial charge on any atom is -0.369 e. The Balaban J connectivity index is 1.37. The van der Waals surface area contributed by atoms with Gasteiger partial charge >= 0.3 is 6.03 Å². The van der Waals surface area contributed by atoms with Gasteiger partial charge in [-0.2, -0.15) is 0 Å². The van der Waals surface area contributed by atoms with Gasteiger partial charge in [0.2, 0.25) is 0 Å². The van der Waals surface area contributed by atoms with Crippen molar-refractivity contribution in [1.82, 2.24) is 9.80 Å². The van der Waals surface area contributed by atoms with Crippen molar-refractivity contribution in [2.75, 3.05) is 42.6 Å². The van der Waals surface area contributed by atoms with Crippen molar-refractivity contribution in [3.8, 4) is 0 Å². The third kappa shape index (κ3) is 4.09. The fourth-order valence-corrected chi connectivity index (χ4v) is 4.03. The second-order valence-electron chi connectivity index (χ2n) is 7.95. The smallest absolute Gasteiger partial charge is 0.333 e. The number of hydrogen-bond acceptors (Lipinski definition) is 6. The Bertz CT molecular complexity index is 984. The molecule has 0 saturated carbocycles. The Morgan fingerprint density at radius 1 is 0.935 bits per heavy atom. The molecule has 0 N–H and O–H groups in total. The van der Waals surface area contributed by atoms with Crippen LogP contribution in [0.1, 0.15) is 12.5 Å². The van der Waals surface area contributed by atoms with Gasteiger partial charge in [-0.3, -0.25) is 24.7 Å². The molecular formula is C22H25N5O4. The number of anilines is 2. The number of aryl methyl sites for hydroxylation is 1. The molecule has 31 heavy (non-hydrogen) atoms. The van der Waals surface area contributed by atoms with Crippen molar-refractivity contribution in [3.63, 3.8) is 0 Å². The molecule has 0 bridgehead atoms. The number of nitro benzene ring substituents is 1. The van der Waals surface area contributed by atoms with Crippen LogP contribution in [-0.2, 0) is 4.79 Å². The molecule has 9 heteroatoms. The SMILES string of the molecule is Cc1ccc(N2C(=O)N(CN3CCN(c4ccc([N+](=O)[O-])cc4)CC3)C(=O)[C@@H]2C)cc1. The quantitative estimate of drug-likeness (QED) is 0.417. The molecule has 2 aromatic carbocycles. The lowest BCUT2D eigenvalue weighted by Crippen LogP contribution is -2.51. The number of imide groups is 1. The predicted molar refractivity (Wildman–Crippen MR) is 117 cm³/mol.